The number of rotatable bonds is 5. The van der Waals surface area contributed by atoms with Gasteiger partial charge in [-0.3, -0.25) is 10.1 Å². The van der Waals surface area contributed by atoms with Crippen molar-refractivity contribution in [3.63, 3.8) is 0 Å². The van der Waals surface area contributed by atoms with E-state index in [-0.39, 0.29) is 16.9 Å². The number of benzene rings is 1. The molecule has 0 aromatic heterocycles. The molecule has 0 heterocycles. The van der Waals surface area contributed by atoms with Crippen LogP contribution in [0.2, 0.25) is 0 Å². The van der Waals surface area contributed by atoms with Crippen LogP contribution in [0.3, 0.4) is 0 Å². The zero-order valence-electron chi connectivity index (χ0n) is 10.5. The van der Waals surface area contributed by atoms with E-state index >= 15 is 0 Å². The lowest BCUT2D eigenvalue weighted by Gasteiger charge is -2.25. The third-order valence-electron chi connectivity index (χ3n) is 2.82. The summed E-state index contributed by atoms with van der Waals surface area (Å²) in [4.78, 5) is 22.8. The van der Waals surface area contributed by atoms with Gasteiger partial charge in [-0.1, -0.05) is 6.92 Å². The highest BCUT2D eigenvalue weighted by molar-refractivity contribution is 5.80. The number of hydrogen-bond acceptors (Lipinski definition) is 5. The molecule has 0 radical (unpaired) electrons. The van der Waals surface area contributed by atoms with Gasteiger partial charge in [0.15, 0.2) is 0 Å². The molecule has 0 spiro atoms. The molecule has 0 aliphatic heterocycles. The molecule has 0 aliphatic carbocycles. The van der Waals surface area contributed by atoms with Crippen LogP contribution in [0.25, 0.3) is 0 Å². The van der Waals surface area contributed by atoms with Gasteiger partial charge in [0.05, 0.1) is 16.6 Å². The minimum absolute atomic E-state index is 0.159. The fourth-order valence-corrected chi connectivity index (χ4v) is 1.82. The fraction of sp³-hybridized carbons (Fsp3) is 0.333. The summed E-state index contributed by atoms with van der Waals surface area (Å²) in [5.41, 5.74) is 0.0618. The number of nitro groups is 1. The lowest BCUT2D eigenvalue weighted by molar-refractivity contribution is -0.384. The topological polar surface area (TPSA) is 107 Å². The summed E-state index contributed by atoms with van der Waals surface area (Å²) in [5, 5.41) is 28.8. The lowest BCUT2D eigenvalue weighted by atomic mass is 10.1. The monoisotopic (exact) mass is 263 g/mol. The third kappa shape index (κ3) is 2.98. The Balaban J connectivity index is 3.30. The van der Waals surface area contributed by atoms with E-state index in [4.69, 9.17) is 10.4 Å². The zero-order chi connectivity index (χ0) is 14.6. The smallest absolute Gasteiger partial charge is 0.326 e. The number of carbonyl (C=O) groups is 1. The number of hydrogen-bond donors (Lipinski definition) is 1. The number of carboxylic acids is 1. The zero-order valence-corrected chi connectivity index (χ0v) is 10.5. The number of aliphatic carboxylic acids is 1. The summed E-state index contributed by atoms with van der Waals surface area (Å²) in [6, 6.07) is 4.91. The third-order valence-corrected chi connectivity index (χ3v) is 2.82. The summed E-state index contributed by atoms with van der Waals surface area (Å²) < 4.78 is 0. The molecule has 1 N–H and O–H groups in total. The van der Waals surface area contributed by atoms with E-state index in [0.29, 0.717) is 6.42 Å². The van der Waals surface area contributed by atoms with Gasteiger partial charge in [-0.2, -0.15) is 5.26 Å². The maximum absolute atomic E-state index is 11.1. The van der Waals surface area contributed by atoms with E-state index in [1.165, 1.54) is 24.1 Å². The van der Waals surface area contributed by atoms with E-state index in [0.717, 1.165) is 6.07 Å². The molecule has 0 saturated heterocycles. The second kappa shape index (κ2) is 5.82. The van der Waals surface area contributed by atoms with Crippen molar-refractivity contribution in [2.75, 3.05) is 11.9 Å². The van der Waals surface area contributed by atoms with Gasteiger partial charge in [-0.15, -0.1) is 0 Å². The Morgan fingerprint density at radius 2 is 2.26 bits per heavy atom. The minimum Gasteiger partial charge on any atom is -0.480 e. The molecule has 1 aromatic carbocycles. The van der Waals surface area contributed by atoms with Gasteiger partial charge in [0.25, 0.3) is 5.69 Å². The summed E-state index contributed by atoms with van der Waals surface area (Å²) >= 11 is 0. The molecule has 0 aliphatic rings. The van der Waals surface area contributed by atoms with Gasteiger partial charge >= 0.3 is 5.97 Å². The fourth-order valence-electron chi connectivity index (χ4n) is 1.82. The van der Waals surface area contributed by atoms with E-state index in [9.17, 15) is 14.9 Å². The van der Waals surface area contributed by atoms with E-state index < -0.39 is 16.9 Å². The van der Waals surface area contributed by atoms with Crippen LogP contribution in [0.1, 0.15) is 18.9 Å². The van der Waals surface area contributed by atoms with Gasteiger partial charge in [-0.25, -0.2) is 4.79 Å². The molecular weight excluding hydrogens is 250 g/mol. The highest BCUT2D eigenvalue weighted by atomic mass is 16.6. The Bertz CT molecular complexity index is 550. The summed E-state index contributed by atoms with van der Waals surface area (Å²) in [5.74, 6) is -1.05. The van der Waals surface area contributed by atoms with Crippen molar-refractivity contribution >= 4 is 17.3 Å². The Morgan fingerprint density at radius 3 is 2.68 bits per heavy atom. The summed E-state index contributed by atoms with van der Waals surface area (Å²) in [6.07, 6.45) is 0.309. The van der Waals surface area contributed by atoms with Crippen molar-refractivity contribution in [1.82, 2.24) is 0 Å². The van der Waals surface area contributed by atoms with Crippen LogP contribution in [0.15, 0.2) is 18.2 Å². The van der Waals surface area contributed by atoms with Crippen molar-refractivity contribution in [3.05, 3.63) is 33.9 Å². The normalized spacial score (nSPS) is 11.4. The first-order chi connectivity index (χ1) is 8.92. The van der Waals surface area contributed by atoms with Gasteiger partial charge in [0.1, 0.15) is 11.7 Å². The SMILES string of the molecule is CCC(C(=O)O)N(C)c1ccc(C#N)cc1[N+](=O)[O-]. The van der Waals surface area contributed by atoms with E-state index in [1.807, 2.05) is 6.07 Å². The standard InChI is InChI=1S/C12H13N3O4/c1-3-9(12(16)17)14(2)10-5-4-8(7-13)6-11(10)15(18)19/h4-6,9H,3H2,1-2H3,(H,16,17). The Kier molecular flexibility index (Phi) is 4.42. The maximum Gasteiger partial charge on any atom is 0.326 e. The number of nitrogens with zero attached hydrogens (tertiary/aromatic N) is 3. The van der Waals surface area contributed by atoms with Crippen LogP contribution in [0, 0.1) is 21.4 Å². The first kappa shape index (κ1) is 14.4. The van der Waals surface area contributed by atoms with Crippen LogP contribution in [0.4, 0.5) is 11.4 Å². The molecule has 100 valence electrons. The van der Waals surface area contributed by atoms with E-state index in [1.54, 1.807) is 6.92 Å². The van der Waals surface area contributed by atoms with Gasteiger partial charge < -0.3 is 10.0 Å². The average Bonchev–Trinajstić information content (AvgIpc) is 2.38. The largest absolute Gasteiger partial charge is 0.480 e. The lowest BCUT2D eigenvalue weighted by Crippen LogP contribution is -2.38. The molecule has 0 saturated carbocycles. The number of carboxylic acid groups (broad SMARTS) is 1. The van der Waals surface area contributed by atoms with Crippen LogP contribution in [0.5, 0.6) is 0 Å². The number of nitro benzene ring substituents is 1. The predicted octanol–water partition coefficient (Wildman–Crippen LogP) is 1.77. The Morgan fingerprint density at radius 1 is 1.63 bits per heavy atom. The summed E-state index contributed by atoms with van der Waals surface area (Å²) in [6.45, 7) is 1.69. The van der Waals surface area contributed by atoms with Crippen molar-refractivity contribution in [2.24, 2.45) is 0 Å². The molecule has 19 heavy (non-hydrogen) atoms. The molecule has 1 atom stereocenters. The van der Waals surface area contributed by atoms with E-state index in [2.05, 4.69) is 0 Å². The Labute approximate surface area is 109 Å². The van der Waals surface area contributed by atoms with Crippen LogP contribution in [-0.4, -0.2) is 29.1 Å². The number of nitriles is 1. The predicted molar refractivity (Wildman–Crippen MR) is 67.9 cm³/mol. The number of anilines is 1. The van der Waals surface area contributed by atoms with Crippen molar-refractivity contribution in [1.29, 1.82) is 5.26 Å². The highest BCUT2D eigenvalue weighted by Crippen LogP contribution is 2.30. The molecule has 1 aromatic rings. The van der Waals surface area contributed by atoms with Crippen LogP contribution < -0.4 is 4.90 Å². The molecule has 0 fully saturated rings. The second-order valence-corrected chi connectivity index (χ2v) is 3.95. The van der Waals surface area contributed by atoms with Crippen LogP contribution >= 0.6 is 0 Å². The molecule has 1 unspecified atom stereocenters. The molecule has 0 bridgehead atoms. The molecule has 0 amide bonds. The first-order valence-electron chi connectivity index (χ1n) is 5.56. The first-order valence-corrected chi connectivity index (χ1v) is 5.56. The van der Waals surface area contributed by atoms with Gasteiger partial charge in [0.2, 0.25) is 0 Å². The number of likely N-dealkylation sites (N-methyl/N-ethyl adjacent to an activating group) is 1. The highest BCUT2D eigenvalue weighted by Gasteiger charge is 2.26. The van der Waals surface area contributed by atoms with Crippen molar-refractivity contribution in [3.8, 4) is 6.07 Å². The van der Waals surface area contributed by atoms with Crippen LogP contribution in [-0.2, 0) is 4.79 Å². The van der Waals surface area contributed by atoms with Gasteiger partial charge in [-0.05, 0) is 18.6 Å². The second-order valence-electron chi connectivity index (χ2n) is 3.95. The molecule has 1 rings (SSSR count). The Hall–Kier alpha value is -2.62. The van der Waals surface area contributed by atoms with Gasteiger partial charge in [0, 0.05) is 13.1 Å². The maximum atomic E-state index is 11.1. The average molecular weight is 263 g/mol. The molecule has 7 nitrogen and oxygen atoms in total. The molecule has 7 heteroatoms. The van der Waals surface area contributed by atoms with Crippen molar-refractivity contribution < 1.29 is 14.8 Å². The van der Waals surface area contributed by atoms with Crippen molar-refractivity contribution in [2.45, 2.75) is 19.4 Å². The molecular formula is C12H13N3O4. The minimum atomic E-state index is -1.05. The quantitative estimate of drug-likeness (QED) is 0.640. The summed E-state index contributed by atoms with van der Waals surface area (Å²) in [7, 11) is 1.48.